The summed E-state index contributed by atoms with van der Waals surface area (Å²) in [5, 5.41) is 6.20. The SMILES string of the molecule is CC1CCNC(c2cncc3ccccc23)C1. The molecule has 0 aliphatic carbocycles. The molecule has 1 aromatic carbocycles. The Bertz CT molecular complexity index is 516. The molecule has 2 unspecified atom stereocenters. The van der Waals surface area contributed by atoms with Crippen molar-refractivity contribution in [2.75, 3.05) is 6.54 Å². The molecule has 2 aromatic rings. The highest BCUT2D eigenvalue weighted by Crippen LogP contribution is 2.30. The molecule has 1 aromatic heterocycles. The van der Waals surface area contributed by atoms with E-state index in [1.54, 1.807) is 0 Å². The van der Waals surface area contributed by atoms with E-state index in [1.165, 1.54) is 29.2 Å². The molecule has 2 atom stereocenters. The van der Waals surface area contributed by atoms with Crippen molar-refractivity contribution < 1.29 is 0 Å². The number of pyridine rings is 1. The van der Waals surface area contributed by atoms with Crippen LogP contribution in [0.3, 0.4) is 0 Å². The Morgan fingerprint density at radius 3 is 3.00 bits per heavy atom. The summed E-state index contributed by atoms with van der Waals surface area (Å²) in [7, 11) is 0. The second kappa shape index (κ2) is 4.46. The number of aromatic nitrogens is 1. The van der Waals surface area contributed by atoms with Crippen molar-refractivity contribution in [1.82, 2.24) is 10.3 Å². The quantitative estimate of drug-likeness (QED) is 0.807. The highest BCUT2D eigenvalue weighted by atomic mass is 14.9. The van der Waals surface area contributed by atoms with Gasteiger partial charge < -0.3 is 5.32 Å². The lowest BCUT2D eigenvalue weighted by Crippen LogP contribution is -2.30. The number of rotatable bonds is 1. The maximum absolute atomic E-state index is 4.37. The summed E-state index contributed by atoms with van der Waals surface area (Å²) in [4.78, 5) is 4.37. The van der Waals surface area contributed by atoms with Gasteiger partial charge in [-0.1, -0.05) is 31.2 Å². The molecule has 0 radical (unpaired) electrons. The molecule has 2 nitrogen and oxygen atoms in total. The summed E-state index contributed by atoms with van der Waals surface area (Å²) < 4.78 is 0. The molecule has 1 aliphatic rings. The average molecular weight is 226 g/mol. The second-order valence-electron chi connectivity index (χ2n) is 5.09. The minimum Gasteiger partial charge on any atom is -0.310 e. The first kappa shape index (κ1) is 10.7. The molecule has 1 N–H and O–H groups in total. The van der Waals surface area contributed by atoms with Crippen LogP contribution in [0.4, 0.5) is 0 Å². The molecule has 0 amide bonds. The van der Waals surface area contributed by atoms with Gasteiger partial charge in [-0.2, -0.15) is 0 Å². The molecule has 1 saturated heterocycles. The van der Waals surface area contributed by atoms with Crippen LogP contribution in [0.5, 0.6) is 0 Å². The van der Waals surface area contributed by atoms with E-state index in [1.807, 2.05) is 12.4 Å². The van der Waals surface area contributed by atoms with Crippen molar-refractivity contribution in [2.24, 2.45) is 5.92 Å². The second-order valence-corrected chi connectivity index (χ2v) is 5.09. The van der Waals surface area contributed by atoms with Gasteiger partial charge in [-0.15, -0.1) is 0 Å². The minimum absolute atomic E-state index is 0.470. The largest absolute Gasteiger partial charge is 0.310 e. The summed E-state index contributed by atoms with van der Waals surface area (Å²) in [5.74, 6) is 0.806. The lowest BCUT2D eigenvalue weighted by Gasteiger charge is -2.29. The Balaban J connectivity index is 2.04. The molecule has 17 heavy (non-hydrogen) atoms. The zero-order chi connectivity index (χ0) is 11.7. The van der Waals surface area contributed by atoms with Gasteiger partial charge in [-0.05, 0) is 36.3 Å². The third kappa shape index (κ3) is 2.05. The van der Waals surface area contributed by atoms with Crippen LogP contribution in [-0.4, -0.2) is 11.5 Å². The third-order valence-electron chi connectivity index (χ3n) is 3.74. The molecule has 2 heterocycles. The van der Waals surface area contributed by atoms with Crippen LogP contribution in [0, 0.1) is 5.92 Å². The van der Waals surface area contributed by atoms with E-state index in [2.05, 4.69) is 41.5 Å². The number of nitrogens with zero attached hydrogens (tertiary/aromatic N) is 1. The summed E-state index contributed by atoms with van der Waals surface area (Å²) >= 11 is 0. The third-order valence-corrected chi connectivity index (χ3v) is 3.74. The number of piperidine rings is 1. The molecule has 2 heteroatoms. The van der Waals surface area contributed by atoms with Crippen molar-refractivity contribution in [2.45, 2.75) is 25.8 Å². The van der Waals surface area contributed by atoms with Gasteiger partial charge in [-0.3, -0.25) is 4.98 Å². The molecule has 0 spiro atoms. The molecule has 0 saturated carbocycles. The topological polar surface area (TPSA) is 24.9 Å². The van der Waals surface area contributed by atoms with Gasteiger partial charge >= 0.3 is 0 Å². The highest BCUT2D eigenvalue weighted by Gasteiger charge is 2.21. The summed E-state index contributed by atoms with van der Waals surface area (Å²) in [6.07, 6.45) is 6.48. The standard InChI is InChI=1S/C15H18N2/c1-11-6-7-17-15(8-11)14-10-16-9-12-4-2-3-5-13(12)14/h2-5,9-11,15,17H,6-8H2,1H3. The van der Waals surface area contributed by atoms with Gasteiger partial charge in [-0.25, -0.2) is 0 Å². The van der Waals surface area contributed by atoms with Crippen molar-refractivity contribution in [3.8, 4) is 0 Å². The van der Waals surface area contributed by atoms with Crippen molar-refractivity contribution in [3.63, 3.8) is 0 Å². The monoisotopic (exact) mass is 226 g/mol. The zero-order valence-electron chi connectivity index (χ0n) is 10.2. The minimum atomic E-state index is 0.470. The molecule has 3 rings (SSSR count). The van der Waals surface area contributed by atoms with Crippen LogP contribution in [0.1, 0.15) is 31.4 Å². The molecule has 1 aliphatic heterocycles. The van der Waals surface area contributed by atoms with E-state index in [4.69, 9.17) is 0 Å². The average Bonchev–Trinajstić information content (AvgIpc) is 2.38. The van der Waals surface area contributed by atoms with Crippen molar-refractivity contribution >= 4 is 10.8 Å². The van der Waals surface area contributed by atoms with E-state index >= 15 is 0 Å². The maximum atomic E-state index is 4.37. The Labute approximate surface area is 102 Å². The molecular formula is C15H18N2. The molecule has 0 bridgehead atoms. The van der Waals surface area contributed by atoms with Gasteiger partial charge in [0.05, 0.1) is 0 Å². The predicted octanol–water partition coefficient (Wildman–Crippen LogP) is 3.30. The van der Waals surface area contributed by atoms with E-state index in [0.717, 1.165) is 12.5 Å². The fourth-order valence-electron chi connectivity index (χ4n) is 2.76. The summed E-state index contributed by atoms with van der Waals surface area (Å²) in [6.45, 7) is 3.46. The maximum Gasteiger partial charge on any atom is 0.0346 e. The summed E-state index contributed by atoms with van der Waals surface area (Å²) in [5.41, 5.74) is 1.36. The predicted molar refractivity (Wildman–Crippen MR) is 70.9 cm³/mol. The van der Waals surface area contributed by atoms with Crippen molar-refractivity contribution in [3.05, 3.63) is 42.2 Å². The van der Waals surface area contributed by atoms with Gasteiger partial charge in [0.15, 0.2) is 0 Å². The molecule has 1 fully saturated rings. The van der Waals surface area contributed by atoms with Crippen LogP contribution < -0.4 is 5.32 Å². The first-order valence-electron chi connectivity index (χ1n) is 6.40. The number of benzene rings is 1. The fraction of sp³-hybridized carbons (Fsp3) is 0.400. The fourth-order valence-corrected chi connectivity index (χ4v) is 2.76. The zero-order valence-corrected chi connectivity index (χ0v) is 10.2. The number of nitrogens with one attached hydrogen (secondary N) is 1. The number of hydrogen-bond acceptors (Lipinski definition) is 2. The normalized spacial score (nSPS) is 25.0. The lowest BCUT2D eigenvalue weighted by atomic mass is 9.89. The number of hydrogen-bond donors (Lipinski definition) is 1. The smallest absolute Gasteiger partial charge is 0.0346 e. The Morgan fingerprint density at radius 2 is 2.12 bits per heavy atom. The number of fused-ring (bicyclic) bond motifs is 1. The Morgan fingerprint density at radius 1 is 1.24 bits per heavy atom. The Kier molecular flexibility index (Phi) is 2.81. The van der Waals surface area contributed by atoms with Crippen molar-refractivity contribution in [1.29, 1.82) is 0 Å². The van der Waals surface area contributed by atoms with Crippen LogP contribution in [0.15, 0.2) is 36.7 Å². The van der Waals surface area contributed by atoms with Crippen LogP contribution in [-0.2, 0) is 0 Å². The molecule has 88 valence electrons. The van der Waals surface area contributed by atoms with E-state index in [-0.39, 0.29) is 0 Å². The van der Waals surface area contributed by atoms with Crippen LogP contribution >= 0.6 is 0 Å². The highest BCUT2D eigenvalue weighted by molar-refractivity contribution is 5.85. The van der Waals surface area contributed by atoms with E-state index < -0.39 is 0 Å². The summed E-state index contributed by atoms with van der Waals surface area (Å²) in [6, 6.07) is 8.99. The van der Waals surface area contributed by atoms with Crippen LogP contribution in [0.25, 0.3) is 10.8 Å². The van der Waals surface area contributed by atoms with Crippen LogP contribution in [0.2, 0.25) is 0 Å². The Hall–Kier alpha value is -1.41. The van der Waals surface area contributed by atoms with E-state index in [0.29, 0.717) is 6.04 Å². The van der Waals surface area contributed by atoms with E-state index in [9.17, 15) is 0 Å². The molecular weight excluding hydrogens is 208 g/mol. The van der Waals surface area contributed by atoms with Gasteiger partial charge in [0.2, 0.25) is 0 Å². The van der Waals surface area contributed by atoms with Gasteiger partial charge in [0.1, 0.15) is 0 Å². The van der Waals surface area contributed by atoms with Gasteiger partial charge in [0.25, 0.3) is 0 Å². The van der Waals surface area contributed by atoms with Gasteiger partial charge in [0, 0.05) is 23.8 Å². The first-order valence-corrected chi connectivity index (χ1v) is 6.40. The first-order chi connectivity index (χ1) is 8.34. The lowest BCUT2D eigenvalue weighted by molar-refractivity contribution is 0.326.